The molecule has 0 unspecified atom stereocenters. The second kappa shape index (κ2) is 2.82. The molecule has 1 aromatic heterocycles. The molecule has 2 rings (SSSR count). The third-order valence-corrected chi connectivity index (χ3v) is 3.37. The van der Waals surface area contributed by atoms with E-state index in [0.29, 0.717) is 0 Å². The number of aryl methyl sites for hydroxylation is 2. The number of nitrogens with zero attached hydrogens (tertiary/aromatic N) is 1. The van der Waals surface area contributed by atoms with Gasteiger partial charge in [-0.3, -0.25) is 0 Å². The van der Waals surface area contributed by atoms with Gasteiger partial charge in [-0.15, -0.1) is 0 Å². The summed E-state index contributed by atoms with van der Waals surface area (Å²) in [6, 6.07) is 2.16. The van der Waals surface area contributed by atoms with Gasteiger partial charge in [-0.1, -0.05) is 0 Å². The Kier molecular flexibility index (Phi) is 1.93. The normalized spacial score (nSPS) is 19.5. The molecule has 2 nitrogen and oxygen atoms in total. The molecule has 1 aliphatic rings. The Morgan fingerprint density at radius 2 is 2.42 bits per heavy atom. The van der Waals surface area contributed by atoms with E-state index in [4.69, 9.17) is 5.73 Å². The molecule has 1 heterocycles. The minimum absolute atomic E-state index is 0.192. The molecule has 0 bridgehead atoms. The summed E-state index contributed by atoms with van der Waals surface area (Å²) in [5.74, 6) is 0. The summed E-state index contributed by atoms with van der Waals surface area (Å²) in [6.45, 7) is 2.04. The lowest BCUT2D eigenvalue weighted by Crippen LogP contribution is -2.21. The largest absolute Gasteiger partial charge is 0.325 e. The summed E-state index contributed by atoms with van der Waals surface area (Å²) in [7, 11) is 0. The Morgan fingerprint density at radius 1 is 1.67 bits per heavy atom. The fourth-order valence-corrected chi connectivity index (χ4v) is 2.05. The van der Waals surface area contributed by atoms with Crippen LogP contribution in [0, 0.1) is 6.92 Å². The third-order valence-electron chi connectivity index (χ3n) is 2.44. The first-order valence-corrected chi connectivity index (χ1v) is 5.16. The monoisotopic (exact) mass is 182 g/mol. The van der Waals surface area contributed by atoms with Gasteiger partial charge in [-0.25, -0.2) is 0 Å². The van der Waals surface area contributed by atoms with Gasteiger partial charge in [0.25, 0.3) is 0 Å². The van der Waals surface area contributed by atoms with E-state index in [-0.39, 0.29) is 5.54 Å². The van der Waals surface area contributed by atoms with Crippen LogP contribution in [0.15, 0.2) is 6.07 Å². The molecule has 0 aromatic carbocycles. The highest BCUT2D eigenvalue weighted by Gasteiger charge is 2.37. The van der Waals surface area contributed by atoms with Gasteiger partial charge in [0.2, 0.25) is 0 Å². The molecule has 1 saturated carbocycles. The molecule has 0 atom stereocenters. The topological polar surface area (TPSA) is 38.9 Å². The van der Waals surface area contributed by atoms with E-state index in [9.17, 15) is 0 Å². The Labute approximate surface area is 77.0 Å². The van der Waals surface area contributed by atoms with Crippen LogP contribution in [0.2, 0.25) is 0 Å². The van der Waals surface area contributed by atoms with Crippen molar-refractivity contribution in [3.8, 4) is 0 Å². The van der Waals surface area contributed by atoms with E-state index in [2.05, 4.69) is 10.4 Å². The van der Waals surface area contributed by atoms with E-state index >= 15 is 0 Å². The summed E-state index contributed by atoms with van der Waals surface area (Å²) in [6.07, 6.45) is 4.67. The van der Waals surface area contributed by atoms with E-state index in [0.717, 1.165) is 18.5 Å². The van der Waals surface area contributed by atoms with Gasteiger partial charge in [0.05, 0.1) is 5.69 Å². The van der Waals surface area contributed by atoms with Gasteiger partial charge < -0.3 is 5.73 Å². The van der Waals surface area contributed by atoms with Crippen LogP contribution in [0.3, 0.4) is 0 Å². The van der Waals surface area contributed by atoms with E-state index in [1.54, 1.807) is 11.5 Å². The fraction of sp³-hybridized carbons (Fsp3) is 0.667. The number of rotatable bonds is 3. The molecular formula is C9H14N2S. The number of hydrogen-bond acceptors (Lipinski definition) is 3. The molecule has 1 aliphatic carbocycles. The smallest absolute Gasteiger partial charge is 0.0514 e. The number of hydrogen-bond donors (Lipinski definition) is 1. The first-order valence-electron chi connectivity index (χ1n) is 4.39. The Morgan fingerprint density at radius 3 is 2.92 bits per heavy atom. The highest BCUT2D eigenvalue weighted by molar-refractivity contribution is 7.05. The van der Waals surface area contributed by atoms with Gasteiger partial charge in [0, 0.05) is 10.4 Å². The lowest BCUT2D eigenvalue weighted by atomic mass is 10.1. The zero-order valence-corrected chi connectivity index (χ0v) is 8.16. The van der Waals surface area contributed by atoms with Crippen molar-refractivity contribution >= 4 is 11.5 Å². The van der Waals surface area contributed by atoms with Gasteiger partial charge in [-0.05, 0) is 50.2 Å². The second-order valence-electron chi connectivity index (χ2n) is 3.80. The average Bonchev–Trinajstić information content (AvgIpc) is 2.60. The van der Waals surface area contributed by atoms with Crippen molar-refractivity contribution in [2.75, 3.05) is 0 Å². The van der Waals surface area contributed by atoms with Gasteiger partial charge in [-0.2, -0.15) is 4.37 Å². The van der Waals surface area contributed by atoms with E-state index in [1.807, 2.05) is 6.92 Å². The Hall–Kier alpha value is -0.410. The lowest BCUT2D eigenvalue weighted by Gasteiger charge is -2.04. The molecule has 0 spiro atoms. The van der Waals surface area contributed by atoms with Crippen molar-refractivity contribution in [2.45, 2.75) is 38.1 Å². The maximum Gasteiger partial charge on any atom is 0.0514 e. The maximum atomic E-state index is 5.99. The Bertz CT molecular complexity index is 276. The van der Waals surface area contributed by atoms with Crippen LogP contribution in [0.1, 0.15) is 29.8 Å². The van der Waals surface area contributed by atoms with Crippen molar-refractivity contribution in [3.05, 3.63) is 16.6 Å². The molecule has 0 saturated heterocycles. The molecule has 12 heavy (non-hydrogen) atoms. The molecule has 66 valence electrons. The van der Waals surface area contributed by atoms with Gasteiger partial charge in [0.1, 0.15) is 0 Å². The maximum absolute atomic E-state index is 5.99. The highest BCUT2D eigenvalue weighted by atomic mass is 32.1. The lowest BCUT2D eigenvalue weighted by molar-refractivity contribution is 0.612. The van der Waals surface area contributed by atoms with Crippen molar-refractivity contribution in [3.63, 3.8) is 0 Å². The van der Waals surface area contributed by atoms with Gasteiger partial charge >= 0.3 is 0 Å². The molecule has 0 amide bonds. The minimum Gasteiger partial charge on any atom is -0.325 e. The predicted molar refractivity (Wildman–Crippen MR) is 51.3 cm³/mol. The molecule has 0 aliphatic heterocycles. The van der Waals surface area contributed by atoms with Crippen LogP contribution in [0.4, 0.5) is 0 Å². The summed E-state index contributed by atoms with van der Waals surface area (Å²) >= 11 is 1.61. The summed E-state index contributed by atoms with van der Waals surface area (Å²) in [5, 5.41) is 0. The zero-order valence-electron chi connectivity index (χ0n) is 7.34. The van der Waals surface area contributed by atoms with E-state index in [1.165, 1.54) is 17.7 Å². The predicted octanol–water partition coefficient (Wildman–Crippen LogP) is 1.88. The molecule has 1 aromatic rings. The molecular weight excluding hydrogens is 168 g/mol. The standard InChI is InChI=1S/C9H14N2S/c1-7-6-8(12-11-7)2-3-9(10)4-5-9/h6H,2-5,10H2,1H3. The zero-order chi connectivity index (χ0) is 8.60. The minimum atomic E-state index is 0.192. The SMILES string of the molecule is Cc1cc(CCC2(N)CC2)sn1. The van der Waals surface area contributed by atoms with Crippen LogP contribution in [-0.2, 0) is 6.42 Å². The second-order valence-corrected chi connectivity index (χ2v) is 4.69. The summed E-state index contributed by atoms with van der Waals surface area (Å²) < 4.78 is 4.24. The van der Waals surface area contributed by atoms with Crippen LogP contribution in [0.5, 0.6) is 0 Å². The summed E-state index contributed by atoms with van der Waals surface area (Å²) in [4.78, 5) is 1.38. The molecule has 2 N–H and O–H groups in total. The molecule has 1 fully saturated rings. The molecule has 3 heteroatoms. The van der Waals surface area contributed by atoms with Gasteiger partial charge in [0.15, 0.2) is 0 Å². The van der Waals surface area contributed by atoms with Crippen molar-refractivity contribution in [1.29, 1.82) is 0 Å². The van der Waals surface area contributed by atoms with Crippen molar-refractivity contribution in [2.24, 2.45) is 5.73 Å². The first kappa shape index (κ1) is 8.20. The third kappa shape index (κ3) is 1.84. The van der Waals surface area contributed by atoms with Crippen LogP contribution < -0.4 is 5.73 Å². The fourth-order valence-electron chi connectivity index (χ4n) is 1.32. The quantitative estimate of drug-likeness (QED) is 0.775. The first-order chi connectivity index (χ1) is 5.68. The van der Waals surface area contributed by atoms with Crippen LogP contribution >= 0.6 is 11.5 Å². The van der Waals surface area contributed by atoms with Crippen LogP contribution in [0.25, 0.3) is 0 Å². The average molecular weight is 182 g/mol. The van der Waals surface area contributed by atoms with Crippen LogP contribution in [-0.4, -0.2) is 9.91 Å². The number of nitrogens with two attached hydrogens (primary N) is 1. The Balaban J connectivity index is 1.87. The number of aromatic nitrogens is 1. The van der Waals surface area contributed by atoms with Crippen molar-refractivity contribution in [1.82, 2.24) is 4.37 Å². The molecule has 0 radical (unpaired) electrons. The van der Waals surface area contributed by atoms with E-state index < -0.39 is 0 Å². The van der Waals surface area contributed by atoms with Crippen molar-refractivity contribution < 1.29 is 0 Å². The summed E-state index contributed by atoms with van der Waals surface area (Å²) in [5.41, 5.74) is 7.31. The highest BCUT2D eigenvalue weighted by Crippen LogP contribution is 2.36.